The maximum Gasteiger partial charge on any atom is 0.312 e. The van der Waals surface area contributed by atoms with Crippen LogP contribution in [0.1, 0.15) is 19.8 Å². The molecule has 2 aliphatic heterocycles. The zero-order valence-electron chi connectivity index (χ0n) is 13.5. The van der Waals surface area contributed by atoms with E-state index in [2.05, 4.69) is 16.9 Å². The molecule has 7 nitrogen and oxygen atoms in total. The van der Waals surface area contributed by atoms with E-state index in [4.69, 9.17) is 0 Å². The van der Waals surface area contributed by atoms with E-state index in [-0.39, 0.29) is 11.8 Å². The van der Waals surface area contributed by atoms with E-state index < -0.39 is 0 Å². The Morgan fingerprint density at radius 1 is 0.913 bits per heavy atom. The Morgan fingerprint density at radius 3 is 2.00 bits per heavy atom. The molecule has 3 rings (SSSR count). The Kier molecular flexibility index (Phi) is 4.73. The summed E-state index contributed by atoms with van der Waals surface area (Å²) in [4.78, 5) is 38.6. The second-order valence-corrected chi connectivity index (χ2v) is 6.30. The van der Waals surface area contributed by atoms with Crippen LogP contribution in [0, 0.1) is 5.92 Å². The zero-order valence-corrected chi connectivity index (χ0v) is 13.5. The highest BCUT2D eigenvalue weighted by molar-refractivity contribution is 6.34. The third-order valence-corrected chi connectivity index (χ3v) is 4.66. The highest BCUT2D eigenvalue weighted by Crippen LogP contribution is 2.17. The fraction of sp³-hybridized carbons (Fsp3) is 0.625. The fourth-order valence-corrected chi connectivity index (χ4v) is 3.05. The van der Waals surface area contributed by atoms with E-state index in [1.54, 1.807) is 28.3 Å². The molecule has 7 heteroatoms. The summed E-state index contributed by atoms with van der Waals surface area (Å²) >= 11 is 0. The maximum atomic E-state index is 12.4. The topological polar surface area (TPSA) is 69.6 Å². The molecule has 0 radical (unpaired) electrons. The van der Waals surface area contributed by atoms with Gasteiger partial charge in [0.15, 0.2) is 0 Å². The number of rotatable bonds is 1. The van der Waals surface area contributed by atoms with E-state index >= 15 is 0 Å². The number of hydrogen-bond acceptors (Lipinski definition) is 5. The quantitative estimate of drug-likeness (QED) is 0.701. The molecule has 1 aromatic rings. The smallest absolute Gasteiger partial charge is 0.312 e. The predicted octanol–water partition coefficient (Wildman–Crippen LogP) is 0.384. The van der Waals surface area contributed by atoms with Crippen molar-refractivity contribution in [3.63, 3.8) is 0 Å². The van der Waals surface area contributed by atoms with E-state index in [0.29, 0.717) is 51.1 Å². The van der Waals surface area contributed by atoms with Crippen molar-refractivity contribution in [2.75, 3.05) is 44.2 Å². The molecule has 0 spiro atoms. The number of nitrogens with zero attached hydrogens (tertiary/aromatic N) is 5. The molecule has 0 atom stereocenters. The molecule has 23 heavy (non-hydrogen) atoms. The van der Waals surface area contributed by atoms with Gasteiger partial charge in [-0.25, -0.2) is 9.97 Å². The van der Waals surface area contributed by atoms with Crippen molar-refractivity contribution >= 4 is 17.8 Å². The number of piperazine rings is 1. The van der Waals surface area contributed by atoms with E-state index in [1.165, 1.54) is 0 Å². The van der Waals surface area contributed by atoms with Gasteiger partial charge in [-0.1, -0.05) is 6.92 Å². The second kappa shape index (κ2) is 6.93. The maximum absolute atomic E-state index is 12.4. The molecule has 0 unspecified atom stereocenters. The molecule has 0 N–H and O–H groups in total. The van der Waals surface area contributed by atoms with Gasteiger partial charge in [0.05, 0.1) is 0 Å². The van der Waals surface area contributed by atoms with Crippen LogP contribution in [0.2, 0.25) is 0 Å². The highest BCUT2D eigenvalue weighted by atomic mass is 16.2. The summed E-state index contributed by atoms with van der Waals surface area (Å²) in [5.74, 6) is 0.606. The van der Waals surface area contributed by atoms with Gasteiger partial charge in [-0.15, -0.1) is 0 Å². The van der Waals surface area contributed by atoms with Crippen molar-refractivity contribution in [1.82, 2.24) is 19.8 Å². The van der Waals surface area contributed by atoms with Crippen LogP contribution in [-0.4, -0.2) is 70.9 Å². The number of piperidine rings is 1. The van der Waals surface area contributed by atoms with E-state index in [0.717, 1.165) is 12.8 Å². The molecule has 2 fully saturated rings. The van der Waals surface area contributed by atoms with Gasteiger partial charge < -0.3 is 14.7 Å². The first-order valence-corrected chi connectivity index (χ1v) is 8.25. The summed E-state index contributed by atoms with van der Waals surface area (Å²) in [6.45, 7) is 5.96. The molecule has 124 valence electrons. The van der Waals surface area contributed by atoms with Gasteiger partial charge in [-0.3, -0.25) is 9.59 Å². The Hall–Kier alpha value is -2.18. The van der Waals surface area contributed by atoms with Gasteiger partial charge in [0.25, 0.3) is 0 Å². The molecule has 0 bridgehead atoms. The van der Waals surface area contributed by atoms with Crippen molar-refractivity contribution in [3.8, 4) is 0 Å². The Morgan fingerprint density at radius 2 is 1.43 bits per heavy atom. The van der Waals surface area contributed by atoms with E-state index in [9.17, 15) is 9.59 Å². The van der Waals surface area contributed by atoms with Crippen LogP contribution in [0.3, 0.4) is 0 Å². The van der Waals surface area contributed by atoms with Crippen LogP contribution in [0.25, 0.3) is 0 Å². The van der Waals surface area contributed by atoms with Gasteiger partial charge in [-0.2, -0.15) is 0 Å². The molecule has 0 aromatic carbocycles. The standard InChI is InChI=1S/C16H23N5O2/c1-13-3-7-19(8-4-13)14(22)15(23)20-9-11-21(12-10-20)16-17-5-2-6-18-16/h2,5-6,13H,3-4,7-12H2,1H3. The van der Waals surface area contributed by atoms with Crippen molar-refractivity contribution < 1.29 is 9.59 Å². The monoisotopic (exact) mass is 317 g/mol. The molecule has 2 aliphatic rings. The Labute approximate surface area is 136 Å². The lowest BCUT2D eigenvalue weighted by atomic mass is 9.99. The zero-order chi connectivity index (χ0) is 16.2. The average Bonchev–Trinajstić information content (AvgIpc) is 2.62. The van der Waals surface area contributed by atoms with Crippen LogP contribution in [0.5, 0.6) is 0 Å². The van der Waals surface area contributed by atoms with Crippen LogP contribution in [0.4, 0.5) is 5.95 Å². The van der Waals surface area contributed by atoms with Crippen molar-refractivity contribution in [1.29, 1.82) is 0 Å². The number of hydrogen-bond donors (Lipinski definition) is 0. The average molecular weight is 317 g/mol. The van der Waals surface area contributed by atoms with Crippen LogP contribution < -0.4 is 4.90 Å². The molecule has 2 saturated heterocycles. The molecule has 2 amide bonds. The first-order chi connectivity index (χ1) is 11.1. The number of aromatic nitrogens is 2. The minimum atomic E-state index is -0.367. The number of likely N-dealkylation sites (tertiary alicyclic amines) is 1. The first kappa shape index (κ1) is 15.7. The normalized spacial score (nSPS) is 19.8. The van der Waals surface area contributed by atoms with Crippen LogP contribution in [0.15, 0.2) is 18.5 Å². The summed E-state index contributed by atoms with van der Waals surface area (Å²) in [6.07, 6.45) is 5.39. The van der Waals surface area contributed by atoms with Crippen LogP contribution >= 0.6 is 0 Å². The first-order valence-electron chi connectivity index (χ1n) is 8.25. The van der Waals surface area contributed by atoms with Gasteiger partial charge in [0, 0.05) is 51.7 Å². The van der Waals surface area contributed by atoms with Gasteiger partial charge in [0.1, 0.15) is 0 Å². The summed E-state index contributed by atoms with van der Waals surface area (Å²) in [5.41, 5.74) is 0. The van der Waals surface area contributed by atoms with Crippen molar-refractivity contribution in [2.24, 2.45) is 5.92 Å². The summed E-state index contributed by atoms with van der Waals surface area (Å²) in [7, 11) is 0. The predicted molar refractivity (Wildman–Crippen MR) is 85.8 cm³/mol. The molecule has 3 heterocycles. The summed E-state index contributed by atoms with van der Waals surface area (Å²) in [6, 6.07) is 1.78. The lowest BCUT2D eigenvalue weighted by Gasteiger charge is -2.36. The molecule has 0 aliphatic carbocycles. The number of carbonyl (C=O) groups excluding carboxylic acids is 2. The number of anilines is 1. The van der Waals surface area contributed by atoms with Gasteiger partial charge >= 0.3 is 11.8 Å². The van der Waals surface area contributed by atoms with E-state index in [1.807, 2.05) is 4.90 Å². The SMILES string of the molecule is CC1CCN(C(=O)C(=O)N2CCN(c3ncccn3)CC2)CC1. The van der Waals surface area contributed by atoms with Crippen LogP contribution in [-0.2, 0) is 9.59 Å². The lowest BCUT2D eigenvalue weighted by molar-refractivity contribution is -0.152. The van der Waals surface area contributed by atoms with Crippen molar-refractivity contribution in [3.05, 3.63) is 18.5 Å². The molecule has 0 saturated carbocycles. The Bertz CT molecular complexity index is 549. The molecular weight excluding hydrogens is 294 g/mol. The molecular formula is C16H23N5O2. The Balaban J connectivity index is 1.53. The largest absolute Gasteiger partial charge is 0.337 e. The van der Waals surface area contributed by atoms with Crippen molar-refractivity contribution in [2.45, 2.75) is 19.8 Å². The number of carbonyl (C=O) groups is 2. The summed E-state index contributed by atoms with van der Waals surface area (Å²) in [5, 5.41) is 0. The second-order valence-electron chi connectivity index (χ2n) is 6.30. The van der Waals surface area contributed by atoms with Gasteiger partial charge in [-0.05, 0) is 24.8 Å². The minimum absolute atomic E-state index is 0.346. The highest BCUT2D eigenvalue weighted by Gasteiger charge is 2.31. The molecule has 1 aromatic heterocycles. The fourth-order valence-electron chi connectivity index (χ4n) is 3.05. The number of amides is 2. The summed E-state index contributed by atoms with van der Waals surface area (Å²) < 4.78 is 0. The third kappa shape index (κ3) is 3.60. The lowest BCUT2D eigenvalue weighted by Crippen LogP contribution is -2.54. The minimum Gasteiger partial charge on any atom is -0.337 e. The third-order valence-electron chi connectivity index (χ3n) is 4.66. The van der Waals surface area contributed by atoms with Gasteiger partial charge in [0.2, 0.25) is 5.95 Å².